The SMILES string of the molecule is CCCCCCCCCCc1ccc(-c2cc3cc4ccccc4cc3s2)cc1. The van der Waals surface area contributed by atoms with Crippen molar-refractivity contribution in [1.29, 1.82) is 0 Å². The van der Waals surface area contributed by atoms with Crippen molar-refractivity contribution in [3.8, 4) is 10.4 Å². The predicted molar refractivity (Wildman–Crippen MR) is 131 cm³/mol. The number of hydrogen-bond acceptors (Lipinski definition) is 1. The largest absolute Gasteiger partial charge is 0.135 e. The highest BCUT2D eigenvalue weighted by Crippen LogP contribution is 2.36. The van der Waals surface area contributed by atoms with Gasteiger partial charge in [0.05, 0.1) is 0 Å². The maximum Gasteiger partial charge on any atom is 0.0355 e. The summed E-state index contributed by atoms with van der Waals surface area (Å²) in [7, 11) is 0. The van der Waals surface area contributed by atoms with Crippen LogP contribution in [0.25, 0.3) is 31.3 Å². The van der Waals surface area contributed by atoms with Crippen molar-refractivity contribution in [3.63, 3.8) is 0 Å². The van der Waals surface area contributed by atoms with Gasteiger partial charge in [0.1, 0.15) is 0 Å². The van der Waals surface area contributed by atoms with E-state index in [1.807, 2.05) is 11.3 Å². The second kappa shape index (κ2) is 10.1. The summed E-state index contributed by atoms with van der Waals surface area (Å²) in [6, 6.07) is 24.9. The number of thiophene rings is 1. The van der Waals surface area contributed by atoms with E-state index in [2.05, 4.69) is 73.7 Å². The van der Waals surface area contributed by atoms with Gasteiger partial charge in [0, 0.05) is 9.58 Å². The van der Waals surface area contributed by atoms with E-state index in [1.54, 1.807) is 0 Å². The first-order valence-electron chi connectivity index (χ1n) is 11.3. The minimum atomic E-state index is 1.22. The molecule has 4 rings (SSSR count). The quantitative estimate of drug-likeness (QED) is 0.232. The first-order chi connectivity index (χ1) is 14.3. The molecule has 1 aromatic heterocycles. The van der Waals surface area contributed by atoms with Crippen LogP contribution in [0.1, 0.15) is 63.9 Å². The molecular formula is C28H32S. The molecule has 0 bridgehead atoms. The van der Waals surface area contributed by atoms with Crippen LogP contribution in [-0.4, -0.2) is 0 Å². The Balaban J connectivity index is 1.33. The Kier molecular flexibility index (Phi) is 7.00. The molecule has 150 valence electrons. The zero-order chi connectivity index (χ0) is 19.9. The molecule has 0 unspecified atom stereocenters. The number of rotatable bonds is 10. The predicted octanol–water partition coefficient (Wildman–Crippen LogP) is 9.40. The molecule has 0 aliphatic rings. The molecule has 4 aromatic rings. The molecule has 0 atom stereocenters. The van der Waals surface area contributed by atoms with Crippen molar-refractivity contribution in [3.05, 3.63) is 72.3 Å². The fourth-order valence-electron chi connectivity index (χ4n) is 4.17. The van der Waals surface area contributed by atoms with Crippen LogP contribution in [0.5, 0.6) is 0 Å². The third kappa shape index (κ3) is 5.28. The number of unbranched alkanes of at least 4 members (excludes halogenated alkanes) is 7. The van der Waals surface area contributed by atoms with Crippen molar-refractivity contribution >= 4 is 32.2 Å². The topological polar surface area (TPSA) is 0 Å². The summed E-state index contributed by atoms with van der Waals surface area (Å²) in [6.07, 6.45) is 12.3. The Morgan fingerprint density at radius 2 is 1.28 bits per heavy atom. The van der Waals surface area contributed by atoms with Crippen molar-refractivity contribution in [2.24, 2.45) is 0 Å². The molecule has 0 amide bonds. The highest BCUT2D eigenvalue weighted by Gasteiger charge is 2.06. The number of fused-ring (bicyclic) bond motifs is 2. The summed E-state index contributed by atoms with van der Waals surface area (Å²) < 4.78 is 1.38. The average molecular weight is 401 g/mol. The highest BCUT2D eigenvalue weighted by atomic mass is 32.1. The van der Waals surface area contributed by atoms with Crippen LogP contribution in [0.15, 0.2) is 66.7 Å². The van der Waals surface area contributed by atoms with Crippen molar-refractivity contribution in [2.45, 2.75) is 64.7 Å². The van der Waals surface area contributed by atoms with Crippen LogP contribution in [0.4, 0.5) is 0 Å². The van der Waals surface area contributed by atoms with Crippen LogP contribution in [-0.2, 0) is 6.42 Å². The zero-order valence-electron chi connectivity index (χ0n) is 17.6. The monoisotopic (exact) mass is 400 g/mol. The summed E-state index contributed by atoms with van der Waals surface area (Å²) in [5.41, 5.74) is 2.82. The molecule has 0 saturated heterocycles. The van der Waals surface area contributed by atoms with Gasteiger partial charge in [-0.3, -0.25) is 0 Å². The summed E-state index contributed by atoms with van der Waals surface area (Å²) >= 11 is 1.90. The van der Waals surface area contributed by atoms with E-state index < -0.39 is 0 Å². The molecule has 0 aliphatic carbocycles. The van der Waals surface area contributed by atoms with Gasteiger partial charge in [0.2, 0.25) is 0 Å². The first-order valence-corrected chi connectivity index (χ1v) is 12.2. The smallest absolute Gasteiger partial charge is 0.0355 e. The van der Waals surface area contributed by atoms with E-state index in [4.69, 9.17) is 0 Å². The van der Waals surface area contributed by atoms with Gasteiger partial charge in [0.15, 0.2) is 0 Å². The molecule has 29 heavy (non-hydrogen) atoms. The average Bonchev–Trinajstić information content (AvgIpc) is 3.17. The van der Waals surface area contributed by atoms with Crippen molar-refractivity contribution < 1.29 is 0 Å². The molecule has 0 saturated carbocycles. The number of aryl methyl sites for hydroxylation is 1. The Morgan fingerprint density at radius 3 is 2.00 bits per heavy atom. The summed E-state index contributed by atoms with van der Waals surface area (Å²) in [5, 5.41) is 4.01. The van der Waals surface area contributed by atoms with Crippen molar-refractivity contribution in [2.75, 3.05) is 0 Å². The second-order valence-corrected chi connectivity index (χ2v) is 9.35. The van der Waals surface area contributed by atoms with Gasteiger partial charge in [-0.2, -0.15) is 0 Å². The van der Waals surface area contributed by atoms with Crippen molar-refractivity contribution in [1.82, 2.24) is 0 Å². The van der Waals surface area contributed by atoms with Gasteiger partial charge in [0.25, 0.3) is 0 Å². The molecule has 0 nitrogen and oxygen atoms in total. The zero-order valence-corrected chi connectivity index (χ0v) is 18.4. The van der Waals surface area contributed by atoms with Gasteiger partial charge in [-0.25, -0.2) is 0 Å². The Labute approximate surface area is 179 Å². The lowest BCUT2D eigenvalue weighted by molar-refractivity contribution is 0.575. The lowest BCUT2D eigenvalue weighted by Crippen LogP contribution is -1.86. The minimum absolute atomic E-state index is 1.22. The van der Waals surface area contributed by atoms with E-state index in [-0.39, 0.29) is 0 Å². The fraction of sp³-hybridized carbons (Fsp3) is 0.357. The second-order valence-electron chi connectivity index (χ2n) is 8.27. The fourth-order valence-corrected chi connectivity index (χ4v) is 5.27. The van der Waals surface area contributed by atoms with E-state index in [9.17, 15) is 0 Å². The highest BCUT2D eigenvalue weighted by molar-refractivity contribution is 7.22. The Bertz CT molecular complexity index is 986. The van der Waals surface area contributed by atoms with Gasteiger partial charge in [-0.15, -0.1) is 11.3 Å². The molecule has 3 aromatic carbocycles. The third-order valence-corrected chi connectivity index (χ3v) is 7.09. The van der Waals surface area contributed by atoms with Crippen LogP contribution < -0.4 is 0 Å². The molecule has 0 radical (unpaired) electrons. The first kappa shape index (κ1) is 20.2. The molecule has 0 spiro atoms. The van der Waals surface area contributed by atoms with E-state index in [0.29, 0.717) is 0 Å². The third-order valence-electron chi connectivity index (χ3n) is 5.94. The summed E-state index contributed by atoms with van der Waals surface area (Å²) in [6.45, 7) is 2.29. The maximum absolute atomic E-state index is 2.35. The number of hydrogen-bond donors (Lipinski definition) is 0. The molecule has 0 fully saturated rings. The summed E-state index contributed by atoms with van der Waals surface area (Å²) in [5.74, 6) is 0. The summed E-state index contributed by atoms with van der Waals surface area (Å²) in [4.78, 5) is 1.37. The van der Waals surface area contributed by atoms with Gasteiger partial charge in [-0.1, -0.05) is 100 Å². The Morgan fingerprint density at radius 1 is 0.621 bits per heavy atom. The van der Waals surface area contributed by atoms with E-state index in [0.717, 1.165) is 0 Å². The standard InChI is InChI=1S/C28H32S/c1-2-3-4-5-6-7-8-9-12-22-15-17-23(18-16-22)27-21-26-19-24-13-10-11-14-25(24)20-28(26)29-27/h10-11,13-21H,2-9,12H2,1H3. The van der Waals surface area contributed by atoms with Crippen LogP contribution in [0.2, 0.25) is 0 Å². The molecule has 1 heteroatoms. The normalized spacial score (nSPS) is 11.5. The Hall–Kier alpha value is -2.12. The van der Waals surface area contributed by atoms with Gasteiger partial charge in [-0.05, 0) is 58.3 Å². The molecule has 0 aliphatic heterocycles. The van der Waals surface area contributed by atoms with E-state index >= 15 is 0 Å². The van der Waals surface area contributed by atoms with Gasteiger partial charge < -0.3 is 0 Å². The van der Waals surface area contributed by atoms with Crippen LogP contribution in [0, 0.1) is 0 Å². The van der Waals surface area contributed by atoms with E-state index in [1.165, 1.54) is 94.7 Å². The van der Waals surface area contributed by atoms with Crippen LogP contribution >= 0.6 is 11.3 Å². The minimum Gasteiger partial charge on any atom is -0.135 e. The molecular weight excluding hydrogens is 368 g/mol. The lowest BCUT2D eigenvalue weighted by atomic mass is 10.0. The van der Waals surface area contributed by atoms with Gasteiger partial charge >= 0.3 is 0 Å². The van der Waals surface area contributed by atoms with Crippen LogP contribution in [0.3, 0.4) is 0 Å². The number of benzene rings is 3. The molecule has 0 N–H and O–H groups in total. The molecule has 1 heterocycles. The lowest BCUT2D eigenvalue weighted by Gasteiger charge is -2.04. The maximum atomic E-state index is 2.35.